The van der Waals surface area contributed by atoms with E-state index in [1.165, 1.54) is 6.42 Å². The number of nitrogens with two attached hydrogens (primary N) is 1. The van der Waals surface area contributed by atoms with Gasteiger partial charge in [-0.1, -0.05) is 19.3 Å². The molecule has 0 heterocycles. The fourth-order valence-electron chi connectivity index (χ4n) is 3.10. The third kappa shape index (κ3) is 2.93. The third-order valence-corrected chi connectivity index (χ3v) is 4.39. The lowest BCUT2D eigenvalue weighted by Gasteiger charge is -2.35. The summed E-state index contributed by atoms with van der Waals surface area (Å²) in [4.78, 5) is 0. The van der Waals surface area contributed by atoms with Crippen LogP contribution in [-0.2, 0) is 0 Å². The maximum absolute atomic E-state index is 13.7. The predicted octanol–water partition coefficient (Wildman–Crippen LogP) is 3.72. The van der Waals surface area contributed by atoms with Crippen molar-refractivity contribution in [3.05, 3.63) is 0 Å². The number of hydrogen-bond acceptors (Lipinski definition) is 1. The minimum atomic E-state index is -2.56. The summed E-state index contributed by atoms with van der Waals surface area (Å²) in [6.07, 6.45) is 7.81. The van der Waals surface area contributed by atoms with E-state index in [0.29, 0.717) is 6.42 Å². The van der Waals surface area contributed by atoms with Crippen LogP contribution < -0.4 is 5.73 Å². The molecule has 2 N–H and O–H groups in total. The average molecular weight is 231 g/mol. The van der Waals surface area contributed by atoms with Gasteiger partial charge in [-0.25, -0.2) is 8.78 Å². The Bertz CT molecular complexity index is 237. The first-order valence-electron chi connectivity index (χ1n) is 6.57. The average Bonchev–Trinajstić information content (AvgIpc) is 2.93. The van der Waals surface area contributed by atoms with Crippen molar-refractivity contribution >= 4 is 0 Å². The van der Waals surface area contributed by atoms with Crippen molar-refractivity contribution in [3.63, 3.8) is 0 Å². The minimum absolute atomic E-state index is 0.203. The highest BCUT2D eigenvalue weighted by Gasteiger charge is 2.48. The van der Waals surface area contributed by atoms with E-state index in [4.69, 9.17) is 5.73 Å². The van der Waals surface area contributed by atoms with Crippen LogP contribution in [0.1, 0.15) is 58.3 Å². The normalized spacial score (nSPS) is 27.8. The molecule has 2 rings (SSSR count). The topological polar surface area (TPSA) is 26.0 Å². The summed E-state index contributed by atoms with van der Waals surface area (Å²) >= 11 is 0. The van der Waals surface area contributed by atoms with Crippen LogP contribution in [0.15, 0.2) is 0 Å². The Hall–Kier alpha value is -0.180. The number of alkyl halides is 2. The molecule has 94 valence electrons. The standard InChI is InChI=1S/C13H23F2N/c1-12(14,15)11(9-13(16)7-8-13)10-5-3-2-4-6-10/h10-11H,2-9,16H2,1H3. The van der Waals surface area contributed by atoms with E-state index in [-0.39, 0.29) is 11.5 Å². The lowest BCUT2D eigenvalue weighted by molar-refractivity contribution is -0.0760. The van der Waals surface area contributed by atoms with Gasteiger partial charge in [0.25, 0.3) is 0 Å². The van der Waals surface area contributed by atoms with Crippen LogP contribution in [0.3, 0.4) is 0 Å². The molecule has 2 fully saturated rings. The summed E-state index contributed by atoms with van der Waals surface area (Å²) in [6, 6.07) is 0. The molecule has 16 heavy (non-hydrogen) atoms. The monoisotopic (exact) mass is 231 g/mol. The van der Waals surface area contributed by atoms with Gasteiger partial charge < -0.3 is 5.73 Å². The van der Waals surface area contributed by atoms with E-state index in [9.17, 15) is 8.78 Å². The zero-order valence-corrected chi connectivity index (χ0v) is 10.1. The second-order valence-corrected chi connectivity index (χ2v) is 6.03. The zero-order chi connectivity index (χ0) is 11.8. The summed E-state index contributed by atoms with van der Waals surface area (Å²) in [7, 11) is 0. The molecule has 1 nitrogen and oxygen atoms in total. The maximum Gasteiger partial charge on any atom is 0.248 e. The Labute approximate surface area is 96.8 Å². The molecular formula is C13H23F2N. The van der Waals surface area contributed by atoms with E-state index in [1.807, 2.05) is 0 Å². The molecule has 0 aliphatic heterocycles. The Morgan fingerprint density at radius 3 is 2.25 bits per heavy atom. The molecule has 0 saturated heterocycles. The van der Waals surface area contributed by atoms with Crippen LogP contribution >= 0.6 is 0 Å². The second kappa shape index (κ2) is 4.25. The summed E-state index contributed by atoms with van der Waals surface area (Å²) in [5, 5.41) is 0. The molecule has 0 radical (unpaired) electrons. The molecule has 0 amide bonds. The molecule has 0 bridgehead atoms. The van der Waals surface area contributed by atoms with Gasteiger partial charge in [-0.15, -0.1) is 0 Å². The van der Waals surface area contributed by atoms with Gasteiger partial charge in [-0.2, -0.15) is 0 Å². The minimum Gasteiger partial charge on any atom is -0.325 e. The number of rotatable bonds is 4. The van der Waals surface area contributed by atoms with Gasteiger partial charge in [0.2, 0.25) is 5.92 Å². The van der Waals surface area contributed by atoms with E-state index in [0.717, 1.165) is 45.4 Å². The van der Waals surface area contributed by atoms with E-state index in [2.05, 4.69) is 0 Å². The highest BCUT2D eigenvalue weighted by molar-refractivity contribution is 5.02. The van der Waals surface area contributed by atoms with Crippen LogP contribution in [0.2, 0.25) is 0 Å². The molecular weight excluding hydrogens is 208 g/mol. The molecule has 0 aromatic rings. The number of hydrogen-bond donors (Lipinski definition) is 1. The molecule has 3 heteroatoms. The van der Waals surface area contributed by atoms with Gasteiger partial charge in [0.15, 0.2) is 0 Å². The molecule has 2 aliphatic carbocycles. The fraction of sp³-hybridized carbons (Fsp3) is 1.00. The van der Waals surface area contributed by atoms with E-state index < -0.39 is 11.8 Å². The van der Waals surface area contributed by atoms with Crippen LogP contribution in [0.4, 0.5) is 8.78 Å². The summed E-state index contributed by atoms with van der Waals surface area (Å²) < 4.78 is 27.3. The van der Waals surface area contributed by atoms with Crippen molar-refractivity contribution in [2.24, 2.45) is 17.6 Å². The molecule has 0 aromatic carbocycles. The zero-order valence-electron chi connectivity index (χ0n) is 10.1. The Balaban J connectivity index is 2.01. The largest absolute Gasteiger partial charge is 0.325 e. The smallest absolute Gasteiger partial charge is 0.248 e. The van der Waals surface area contributed by atoms with Gasteiger partial charge >= 0.3 is 0 Å². The molecule has 1 atom stereocenters. The summed E-state index contributed by atoms with van der Waals surface area (Å²) in [6.45, 7) is 1.08. The molecule has 0 spiro atoms. The predicted molar refractivity (Wildman–Crippen MR) is 61.5 cm³/mol. The Morgan fingerprint density at radius 1 is 1.25 bits per heavy atom. The van der Waals surface area contributed by atoms with Crippen molar-refractivity contribution in [1.82, 2.24) is 0 Å². The van der Waals surface area contributed by atoms with Crippen LogP contribution in [-0.4, -0.2) is 11.5 Å². The van der Waals surface area contributed by atoms with Crippen molar-refractivity contribution < 1.29 is 8.78 Å². The molecule has 1 unspecified atom stereocenters. The fourth-order valence-corrected chi connectivity index (χ4v) is 3.10. The van der Waals surface area contributed by atoms with E-state index in [1.54, 1.807) is 0 Å². The highest BCUT2D eigenvalue weighted by atomic mass is 19.3. The van der Waals surface area contributed by atoms with Gasteiger partial charge in [0.05, 0.1) is 0 Å². The van der Waals surface area contributed by atoms with E-state index >= 15 is 0 Å². The highest BCUT2D eigenvalue weighted by Crippen LogP contribution is 2.47. The second-order valence-electron chi connectivity index (χ2n) is 6.03. The van der Waals surface area contributed by atoms with Crippen molar-refractivity contribution in [2.75, 3.05) is 0 Å². The summed E-state index contributed by atoms with van der Waals surface area (Å²) in [5.74, 6) is -2.84. The third-order valence-electron chi connectivity index (χ3n) is 4.39. The first-order chi connectivity index (χ1) is 7.41. The summed E-state index contributed by atoms with van der Waals surface area (Å²) in [5.41, 5.74) is 5.77. The van der Waals surface area contributed by atoms with Gasteiger partial charge in [-0.05, 0) is 44.9 Å². The lowest BCUT2D eigenvalue weighted by Crippen LogP contribution is -2.38. The molecule has 2 saturated carbocycles. The van der Waals surface area contributed by atoms with Crippen LogP contribution in [0.25, 0.3) is 0 Å². The van der Waals surface area contributed by atoms with Gasteiger partial charge in [0.1, 0.15) is 0 Å². The van der Waals surface area contributed by atoms with Crippen molar-refractivity contribution in [1.29, 1.82) is 0 Å². The molecule has 2 aliphatic rings. The first-order valence-corrected chi connectivity index (χ1v) is 6.57. The Kier molecular flexibility index (Phi) is 3.26. The number of halogens is 2. The SMILES string of the molecule is CC(F)(F)C(CC1(N)CC1)C1CCCCC1. The van der Waals surface area contributed by atoms with Gasteiger partial charge in [-0.3, -0.25) is 0 Å². The Morgan fingerprint density at radius 2 is 1.81 bits per heavy atom. The van der Waals surface area contributed by atoms with Crippen LogP contribution in [0, 0.1) is 11.8 Å². The quantitative estimate of drug-likeness (QED) is 0.784. The van der Waals surface area contributed by atoms with Crippen LogP contribution in [0.5, 0.6) is 0 Å². The van der Waals surface area contributed by atoms with Crippen molar-refractivity contribution in [3.8, 4) is 0 Å². The lowest BCUT2D eigenvalue weighted by atomic mass is 9.74. The van der Waals surface area contributed by atoms with Crippen molar-refractivity contribution in [2.45, 2.75) is 69.8 Å². The maximum atomic E-state index is 13.7. The molecule has 0 aromatic heterocycles. The first kappa shape index (κ1) is 12.3. The van der Waals surface area contributed by atoms with Gasteiger partial charge in [0, 0.05) is 11.5 Å².